The lowest BCUT2D eigenvalue weighted by atomic mass is 10.2. The third kappa shape index (κ3) is 4.66. The number of halogens is 1. The molecule has 21 heavy (non-hydrogen) atoms. The summed E-state index contributed by atoms with van der Waals surface area (Å²) in [4.78, 5) is 14.1. The third-order valence-corrected chi connectivity index (χ3v) is 3.77. The van der Waals surface area contributed by atoms with Crippen LogP contribution < -0.4 is 11.1 Å². The van der Waals surface area contributed by atoms with Gasteiger partial charge in [0.05, 0.1) is 11.6 Å². The van der Waals surface area contributed by atoms with Gasteiger partial charge in [0.1, 0.15) is 0 Å². The van der Waals surface area contributed by atoms with Crippen LogP contribution in [0.1, 0.15) is 31.2 Å². The van der Waals surface area contributed by atoms with E-state index in [1.807, 2.05) is 4.90 Å². The molecular formula is C16H20ClN3O. The van der Waals surface area contributed by atoms with Crippen LogP contribution >= 0.6 is 11.6 Å². The van der Waals surface area contributed by atoms with Crippen molar-refractivity contribution in [3.8, 4) is 11.8 Å². The average Bonchev–Trinajstić information content (AvgIpc) is 2.77. The van der Waals surface area contributed by atoms with Gasteiger partial charge < -0.3 is 16.0 Å². The maximum absolute atomic E-state index is 12.3. The summed E-state index contributed by atoms with van der Waals surface area (Å²) in [7, 11) is 0. The molecular weight excluding hydrogens is 286 g/mol. The van der Waals surface area contributed by atoms with Crippen molar-refractivity contribution in [1.82, 2.24) is 4.90 Å². The number of nitrogens with two attached hydrogens (primary N) is 1. The van der Waals surface area contributed by atoms with Crippen LogP contribution in [-0.2, 0) is 0 Å². The van der Waals surface area contributed by atoms with Crippen LogP contribution in [0.5, 0.6) is 0 Å². The highest BCUT2D eigenvalue weighted by molar-refractivity contribution is 6.31. The van der Waals surface area contributed by atoms with Gasteiger partial charge in [0, 0.05) is 24.3 Å². The summed E-state index contributed by atoms with van der Waals surface area (Å²) in [6.07, 6.45) is 4.54. The molecule has 0 atom stereocenters. The van der Waals surface area contributed by atoms with Crippen molar-refractivity contribution in [2.45, 2.75) is 25.7 Å². The van der Waals surface area contributed by atoms with Crippen molar-refractivity contribution >= 4 is 23.3 Å². The van der Waals surface area contributed by atoms with E-state index in [9.17, 15) is 4.79 Å². The number of benzene rings is 1. The number of urea groups is 1. The Labute approximate surface area is 130 Å². The Morgan fingerprint density at radius 1 is 1.29 bits per heavy atom. The fourth-order valence-corrected chi connectivity index (χ4v) is 2.49. The number of carbonyl (C=O) groups is 1. The number of hydrogen-bond donors (Lipinski definition) is 2. The Balaban J connectivity index is 2.06. The van der Waals surface area contributed by atoms with E-state index in [1.54, 1.807) is 18.2 Å². The lowest BCUT2D eigenvalue weighted by molar-refractivity contribution is 0.214. The fourth-order valence-electron chi connectivity index (χ4n) is 2.32. The minimum Gasteiger partial charge on any atom is -0.325 e. The predicted octanol–water partition coefficient (Wildman–Crippen LogP) is 3.06. The number of nitrogens with one attached hydrogen (secondary N) is 1. The third-order valence-electron chi connectivity index (χ3n) is 3.44. The lowest BCUT2D eigenvalue weighted by Gasteiger charge is -2.20. The van der Waals surface area contributed by atoms with Gasteiger partial charge in [-0.1, -0.05) is 36.3 Å². The lowest BCUT2D eigenvalue weighted by Crippen LogP contribution is -2.35. The number of carbonyl (C=O) groups excluding carboxylic acids is 1. The van der Waals surface area contributed by atoms with Crippen molar-refractivity contribution in [1.29, 1.82) is 0 Å². The van der Waals surface area contributed by atoms with E-state index in [0.29, 0.717) is 16.3 Å². The number of nitrogens with zero attached hydrogens (tertiary/aromatic N) is 1. The van der Waals surface area contributed by atoms with Gasteiger partial charge >= 0.3 is 6.03 Å². The molecule has 1 saturated heterocycles. The quantitative estimate of drug-likeness (QED) is 0.783. The second-order valence-corrected chi connectivity index (χ2v) is 5.44. The molecule has 3 N–H and O–H groups in total. The Hall–Kier alpha value is -1.70. The van der Waals surface area contributed by atoms with Crippen molar-refractivity contribution in [2.24, 2.45) is 5.73 Å². The topological polar surface area (TPSA) is 58.4 Å². The minimum atomic E-state index is -0.0584. The van der Waals surface area contributed by atoms with Crippen LogP contribution in [0.4, 0.5) is 10.5 Å². The Kier molecular flexibility index (Phi) is 5.91. The molecule has 1 aromatic carbocycles. The summed E-state index contributed by atoms with van der Waals surface area (Å²) in [5.41, 5.74) is 6.74. The Morgan fingerprint density at radius 3 is 2.67 bits per heavy atom. The molecule has 1 aliphatic heterocycles. The first-order valence-corrected chi connectivity index (χ1v) is 7.63. The van der Waals surface area contributed by atoms with Gasteiger partial charge in [0.2, 0.25) is 0 Å². The van der Waals surface area contributed by atoms with E-state index < -0.39 is 0 Å². The maximum Gasteiger partial charge on any atom is 0.321 e. The summed E-state index contributed by atoms with van der Waals surface area (Å²) >= 11 is 6.07. The van der Waals surface area contributed by atoms with E-state index in [-0.39, 0.29) is 12.6 Å². The van der Waals surface area contributed by atoms with Crippen LogP contribution in [0.2, 0.25) is 5.02 Å². The number of likely N-dealkylation sites (tertiary alicyclic amines) is 1. The normalized spacial score (nSPS) is 14.9. The average molecular weight is 306 g/mol. The van der Waals surface area contributed by atoms with E-state index in [0.717, 1.165) is 25.9 Å². The second kappa shape index (κ2) is 7.92. The van der Waals surface area contributed by atoms with Gasteiger partial charge in [-0.15, -0.1) is 0 Å². The first-order chi connectivity index (χ1) is 10.2. The van der Waals surface area contributed by atoms with E-state index in [4.69, 9.17) is 17.3 Å². The molecule has 5 heteroatoms. The van der Waals surface area contributed by atoms with Gasteiger partial charge in [0.25, 0.3) is 0 Å². The summed E-state index contributed by atoms with van der Waals surface area (Å²) in [6.45, 7) is 1.92. The number of amides is 2. The summed E-state index contributed by atoms with van der Waals surface area (Å²) < 4.78 is 0. The molecule has 112 valence electrons. The summed E-state index contributed by atoms with van der Waals surface area (Å²) in [5, 5.41) is 3.47. The first-order valence-electron chi connectivity index (χ1n) is 7.25. The largest absolute Gasteiger partial charge is 0.325 e. The van der Waals surface area contributed by atoms with E-state index in [2.05, 4.69) is 17.2 Å². The van der Waals surface area contributed by atoms with Gasteiger partial charge in [-0.25, -0.2) is 4.79 Å². The summed E-state index contributed by atoms with van der Waals surface area (Å²) in [5.74, 6) is 5.67. The number of rotatable bonds is 1. The Morgan fingerprint density at radius 2 is 2.00 bits per heavy atom. The van der Waals surface area contributed by atoms with Crippen molar-refractivity contribution in [3.63, 3.8) is 0 Å². The minimum absolute atomic E-state index is 0.0584. The molecule has 0 spiro atoms. The molecule has 1 aromatic rings. The molecule has 0 aromatic heterocycles. The molecule has 2 rings (SSSR count). The zero-order chi connectivity index (χ0) is 15.1. The van der Waals surface area contributed by atoms with Crippen molar-refractivity contribution < 1.29 is 4.79 Å². The SMILES string of the molecule is NCC#Cc1cc(NC(=O)N2CCCCCC2)ccc1Cl. The number of anilines is 1. The monoisotopic (exact) mass is 305 g/mol. The summed E-state index contributed by atoms with van der Waals surface area (Å²) in [6, 6.07) is 5.24. The van der Waals surface area contributed by atoms with E-state index >= 15 is 0 Å². The molecule has 1 aliphatic rings. The smallest absolute Gasteiger partial charge is 0.321 e. The zero-order valence-corrected chi connectivity index (χ0v) is 12.7. The predicted molar refractivity (Wildman–Crippen MR) is 86.4 cm³/mol. The molecule has 1 heterocycles. The zero-order valence-electron chi connectivity index (χ0n) is 12.0. The molecule has 0 radical (unpaired) electrons. The van der Waals surface area contributed by atoms with Crippen LogP contribution in [0.25, 0.3) is 0 Å². The molecule has 0 unspecified atom stereocenters. The van der Waals surface area contributed by atoms with Crippen LogP contribution in [-0.4, -0.2) is 30.6 Å². The highest BCUT2D eigenvalue weighted by Crippen LogP contribution is 2.20. The van der Waals surface area contributed by atoms with Crippen molar-refractivity contribution in [2.75, 3.05) is 25.0 Å². The maximum atomic E-state index is 12.3. The van der Waals surface area contributed by atoms with E-state index in [1.165, 1.54) is 12.8 Å². The number of hydrogen-bond acceptors (Lipinski definition) is 2. The second-order valence-electron chi connectivity index (χ2n) is 5.03. The molecule has 0 aliphatic carbocycles. The molecule has 0 saturated carbocycles. The standard InChI is InChI=1S/C16H20ClN3O/c17-15-8-7-14(12-13(15)6-5-9-18)19-16(21)20-10-3-1-2-4-11-20/h7-8,12H,1-4,9-11,18H2,(H,19,21). The molecule has 0 bridgehead atoms. The Bertz CT molecular complexity index is 554. The first kappa shape index (κ1) is 15.7. The van der Waals surface area contributed by atoms with Crippen molar-refractivity contribution in [3.05, 3.63) is 28.8 Å². The van der Waals surface area contributed by atoms with Gasteiger partial charge in [-0.05, 0) is 31.0 Å². The highest BCUT2D eigenvalue weighted by Gasteiger charge is 2.15. The van der Waals surface area contributed by atoms with Gasteiger partial charge in [-0.3, -0.25) is 0 Å². The molecule has 2 amide bonds. The molecule has 4 nitrogen and oxygen atoms in total. The molecule has 1 fully saturated rings. The van der Waals surface area contributed by atoms with Gasteiger partial charge in [-0.2, -0.15) is 0 Å². The van der Waals surface area contributed by atoms with Crippen LogP contribution in [0, 0.1) is 11.8 Å². The van der Waals surface area contributed by atoms with Crippen LogP contribution in [0.15, 0.2) is 18.2 Å². The fraction of sp³-hybridized carbons (Fsp3) is 0.438. The highest BCUT2D eigenvalue weighted by atomic mass is 35.5. The van der Waals surface area contributed by atoms with Crippen LogP contribution in [0.3, 0.4) is 0 Å². The van der Waals surface area contributed by atoms with Gasteiger partial charge in [0.15, 0.2) is 0 Å².